The van der Waals surface area contributed by atoms with Crippen molar-refractivity contribution >= 4 is 17.5 Å². The summed E-state index contributed by atoms with van der Waals surface area (Å²) in [5.74, 6) is 1.54. The summed E-state index contributed by atoms with van der Waals surface area (Å²) in [5, 5.41) is 0.677. The number of nitrogens with zero attached hydrogens (tertiary/aromatic N) is 2. The minimum absolute atomic E-state index is 0.170. The van der Waals surface area contributed by atoms with Crippen LogP contribution in [0, 0.1) is 5.92 Å². The Balaban J connectivity index is 1.36. The van der Waals surface area contributed by atoms with Crippen molar-refractivity contribution in [1.29, 1.82) is 0 Å². The minimum Gasteiger partial charge on any atom is -0.493 e. The highest BCUT2D eigenvalue weighted by molar-refractivity contribution is 6.30. The summed E-state index contributed by atoms with van der Waals surface area (Å²) < 4.78 is 5.60. The Kier molecular flexibility index (Phi) is 5.75. The van der Waals surface area contributed by atoms with Crippen molar-refractivity contribution in [2.75, 3.05) is 19.7 Å². The van der Waals surface area contributed by atoms with E-state index in [4.69, 9.17) is 16.3 Å². The van der Waals surface area contributed by atoms with Gasteiger partial charge in [0.05, 0.1) is 19.4 Å². The third-order valence-corrected chi connectivity index (χ3v) is 4.68. The van der Waals surface area contributed by atoms with Gasteiger partial charge in [-0.25, -0.2) is 4.98 Å². The van der Waals surface area contributed by atoms with Gasteiger partial charge in [0, 0.05) is 30.0 Å². The molecule has 1 amide bonds. The molecular formula is C18H22ClN3O2. The summed E-state index contributed by atoms with van der Waals surface area (Å²) in [5.41, 5.74) is 1.18. The maximum atomic E-state index is 12.3. The molecule has 24 heavy (non-hydrogen) atoms. The van der Waals surface area contributed by atoms with E-state index in [-0.39, 0.29) is 5.91 Å². The largest absolute Gasteiger partial charge is 0.493 e. The lowest BCUT2D eigenvalue weighted by Gasteiger charge is -2.32. The quantitative estimate of drug-likeness (QED) is 0.872. The second-order valence-electron chi connectivity index (χ2n) is 6.16. The molecule has 2 aromatic rings. The molecule has 1 saturated heterocycles. The molecule has 0 atom stereocenters. The van der Waals surface area contributed by atoms with Crippen LogP contribution in [0.5, 0.6) is 5.75 Å². The Morgan fingerprint density at radius 3 is 2.71 bits per heavy atom. The van der Waals surface area contributed by atoms with Crippen LogP contribution in [0.3, 0.4) is 0 Å². The van der Waals surface area contributed by atoms with Crippen molar-refractivity contribution in [1.82, 2.24) is 14.9 Å². The monoisotopic (exact) mass is 347 g/mol. The summed E-state index contributed by atoms with van der Waals surface area (Å²) in [6.45, 7) is 2.06. The zero-order valence-corrected chi connectivity index (χ0v) is 14.3. The van der Waals surface area contributed by atoms with E-state index in [9.17, 15) is 4.79 Å². The number of hydrogen-bond donors (Lipinski definition) is 1. The van der Waals surface area contributed by atoms with Crippen LogP contribution >= 0.6 is 11.6 Å². The zero-order valence-electron chi connectivity index (χ0n) is 13.6. The van der Waals surface area contributed by atoms with Crippen LogP contribution in [0.1, 0.15) is 25.0 Å². The first-order valence-electron chi connectivity index (χ1n) is 8.34. The molecule has 3 rings (SSSR count). The number of amides is 1. The van der Waals surface area contributed by atoms with E-state index in [2.05, 4.69) is 9.97 Å². The van der Waals surface area contributed by atoms with Gasteiger partial charge in [0.15, 0.2) is 0 Å². The van der Waals surface area contributed by atoms with E-state index < -0.39 is 0 Å². The van der Waals surface area contributed by atoms with Gasteiger partial charge in [-0.15, -0.1) is 0 Å². The fourth-order valence-electron chi connectivity index (χ4n) is 3.04. The van der Waals surface area contributed by atoms with Gasteiger partial charge < -0.3 is 14.6 Å². The van der Waals surface area contributed by atoms with Gasteiger partial charge in [0.1, 0.15) is 5.75 Å². The predicted octanol–water partition coefficient (Wildman–Crippen LogP) is 3.31. The summed E-state index contributed by atoms with van der Waals surface area (Å²) in [4.78, 5) is 21.4. The van der Waals surface area contributed by atoms with Crippen molar-refractivity contribution in [3.63, 3.8) is 0 Å². The molecule has 1 aromatic carbocycles. The number of aromatic amines is 1. The van der Waals surface area contributed by atoms with Gasteiger partial charge in [-0.05, 0) is 49.4 Å². The van der Waals surface area contributed by atoms with Gasteiger partial charge in [-0.3, -0.25) is 4.79 Å². The number of imidazole rings is 1. The molecule has 0 aliphatic carbocycles. The van der Waals surface area contributed by atoms with Crippen LogP contribution in [0.2, 0.25) is 5.02 Å². The van der Waals surface area contributed by atoms with E-state index in [0.717, 1.165) is 38.1 Å². The molecule has 128 valence electrons. The maximum Gasteiger partial charge on any atom is 0.225 e. The second kappa shape index (κ2) is 8.20. The van der Waals surface area contributed by atoms with Gasteiger partial charge in [-0.1, -0.05) is 11.6 Å². The molecule has 0 bridgehead atoms. The molecule has 6 heteroatoms. The number of rotatable bonds is 6. The van der Waals surface area contributed by atoms with E-state index in [1.165, 1.54) is 5.69 Å². The highest BCUT2D eigenvalue weighted by Gasteiger charge is 2.23. The molecule has 0 radical (unpaired) electrons. The molecule has 0 saturated carbocycles. The van der Waals surface area contributed by atoms with Gasteiger partial charge >= 0.3 is 0 Å². The van der Waals surface area contributed by atoms with Crippen molar-refractivity contribution in [2.24, 2.45) is 5.92 Å². The number of ether oxygens (including phenoxy) is 1. The standard InChI is InChI=1S/C18H22ClN3O2/c19-15-1-3-17(4-2-15)24-10-7-18(23)22-8-5-14(6-9-22)11-16-12-20-13-21-16/h1-4,12-14H,5-11H2,(H,20,21). The third-order valence-electron chi connectivity index (χ3n) is 4.43. The molecular weight excluding hydrogens is 326 g/mol. The molecule has 5 nitrogen and oxygen atoms in total. The normalized spacial score (nSPS) is 15.5. The number of aromatic nitrogens is 2. The molecule has 1 N–H and O–H groups in total. The average Bonchev–Trinajstić information content (AvgIpc) is 3.10. The number of piperidine rings is 1. The number of carbonyl (C=O) groups excluding carboxylic acids is 1. The molecule has 2 heterocycles. The Morgan fingerprint density at radius 1 is 1.29 bits per heavy atom. The Morgan fingerprint density at radius 2 is 2.04 bits per heavy atom. The van der Waals surface area contributed by atoms with Crippen molar-refractivity contribution in [2.45, 2.75) is 25.7 Å². The molecule has 1 aromatic heterocycles. The van der Waals surface area contributed by atoms with Crippen LogP contribution in [-0.2, 0) is 11.2 Å². The van der Waals surface area contributed by atoms with Gasteiger partial charge in [0.2, 0.25) is 5.91 Å². The Labute approximate surface area is 147 Å². The minimum atomic E-state index is 0.170. The summed E-state index contributed by atoms with van der Waals surface area (Å²) in [6.07, 6.45) is 7.11. The van der Waals surface area contributed by atoms with Crippen LogP contribution in [0.4, 0.5) is 0 Å². The Hall–Kier alpha value is -2.01. The Bertz CT molecular complexity index is 635. The molecule has 0 spiro atoms. The summed E-state index contributed by atoms with van der Waals surface area (Å²) >= 11 is 5.83. The first kappa shape index (κ1) is 16.8. The van der Waals surface area contributed by atoms with Crippen molar-refractivity contribution in [3.05, 3.63) is 47.5 Å². The highest BCUT2D eigenvalue weighted by atomic mass is 35.5. The van der Waals surface area contributed by atoms with Crippen molar-refractivity contribution in [3.8, 4) is 5.75 Å². The first-order chi connectivity index (χ1) is 11.7. The lowest BCUT2D eigenvalue weighted by Crippen LogP contribution is -2.39. The fourth-order valence-corrected chi connectivity index (χ4v) is 3.16. The first-order valence-corrected chi connectivity index (χ1v) is 8.72. The maximum absolute atomic E-state index is 12.3. The zero-order chi connectivity index (χ0) is 16.8. The molecule has 1 fully saturated rings. The molecule has 1 aliphatic rings. The number of hydrogen-bond acceptors (Lipinski definition) is 3. The van der Waals surface area contributed by atoms with Crippen LogP contribution < -0.4 is 4.74 Å². The van der Waals surface area contributed by atoms with E-state index in [1.807, 2.05) is 23.2 Å². The number of benzene rings is 1. The number of carbonyl (C=O) groups is 1. The number of likely N-dealkylation sites (tertiary alicyclic amines) is 1. The number of H-pyrrole nitrogens is 1. The lowest BCUT2D eigenvalue weighted by molar-refractivity contribution is -0.133. The predicted molar refractivity (Wildman–Crippen MR) is 93.2 cm³/mol. The number of nitrogens with one attached hydrogen (secondary N) is 1. The van der Waals surface area contributed by atoms with E-state index in [1.54, 1.807) is 18.5 Å². The van der Waals surface area contributed by atoms with Crippen LogP contribution in [0.15, 0.2) is 36.8 Å². The molecule has 0 unspecified atom stereocenters. The van der Waals surface area contributed by atoms with E-state index >= 15 is 0 Å². The SMILES string of the molecule is O=C(CCOc1ccc(Cl)cc1)N1CCC(Cc2cnc[nH]2)CC1. The van der Waals surface area contributed by atoms with E-state index in [0.29, 0.717) is 24.0 Å². The van der Waals surface area contributed by atoms with Crippen LogP contribution in [-0.4, -0.2) is 40.5 Å². The van der Waals surface area contributed by atoms with Gasteiger partial charge in [0.25, 0.3) is 0 Å². The van der Waals surface area contributed by atoms with Gasteiger partial charge in [-0.2, -0.15) is 0 Å². The van der Waals surface area contributed by atoms with Crippen molar-refractivity contribution < 1.29 is 9.53 Å². The summed E-state index contributed by atoms with van der Waals surface area (Å²) in [6, 6.07) is 7.19. The third kappa shape index (κ3) is 4.74. The smallest absolute Gasteiger partial charge is 0.225 e. The fraction of sp³-hybridized carbons (Fsp3) is 0.444. The highest BCUT2D eigenvalue weighted by Crippen LogP contribution is 2.21. The second-order valence-corrected chi connectivity index (χ2v) is 6.59. The van der Waals surface area contributed by atoms with Crippen LogP contribution in [0.25, 0.3) is 0 Å². The topological polar surface area (TPSA) is 58.2 Å². The summed E-state index contributed by atoms with van der Waals surface area (Å²) in [7, 11) is 0. The average molecular weight is 348 g/mol. The lowest BCUT2D eigenvalue weighted by atomic mass is 9.92. The number of halogens is 1. The molecule has 1 aliphatic heterocycles.